The van der Waals surface area contributed by atoms with E-state index in [0.717, 1.165) is 17.7 Å². The van der Waals surface area contributed by atoms with Gasteiger partial charge in [0.2, 0.25) is 0 Å². The van der Waals surface area contributed by atoms with E-state index in [1.807, 2.05) is 42.2 Å². The summed E-state index contributed by atoms with van der Waals surface area (Å²) in [5.74, 6) is -0.643. The second-order valence-corrected chi connectivity index (χ2v) is 7.17. The Hall–Kier alpha value is -3.67. The lowest BCUT2D eigenvalue weighted by molar-refractivity contribution is 0.0743. The van der Waals surface area contributed by atoms with Crippen molar-refractivity contribution in [1.82, 2.24) is 4.90 Å². The van der Waals surface area contributed by atoms with Crippen molar-refractivity contribution in [2.75, 3.05) is 17.2 Å². The maximum absolute atomic E-state index is 13.1. The van der Waals surface area contributed by atoms with Gasteiger partial charge in [0, 0.05) is 34.6 Å². The Morgan fingerprint density at radius 1 is 1.00 bits per heavy atom. The number of carbonyl (C=O) groups excluding carboxylic acids is 2. The molecule has 1 aliphatic heterocycles. The second-order valence-electron chi connectivity index (χ2n) is 7.17. The quantitative estimate of drug-likeness (QED) is 0.605. The molecule has 0 saturated heterocycles. The molecule has 3 aromatic rings. The van der Waals surface area contributed by atoms with Crippen LogP contribution in [0.4, 0.5) is 15.8 Å². The van der Waals surface area contributed by atoms with Crippen molar-refractivity contribution in [3.63, 3.8) is 0 Å². The van der Waals surface area contributed by atoms with Crippen LogP contribution in [0.15, 0.2) is 72.8 Å². The normalized spacial score (nSPS) is 15.1. The Kier molecular flexibility index (Phi) is 5.48. The van der Waals surface area contributed by atoms with Gasteiger partial charge in [-0.1, -0.05) is 31.2 Å². The van der Waals surface area contributed by atoms with E-state index in [2.05, 4.69) is 10.6 Å². The van der Waals surface area contributed by atoms with Crippen molar-refractivity contribution in [1.29, 1.82) is 0 Å². The number of nitrogens with one attached hydrogen (secondary N) is 2. The van der Waals surface area contributed by atoms with Crippen molar-refractivity contribution in [3.8, 4) is 0 Å². The van der Waals surface area contributed by atoms with Gasteiger partial charge in [-0.2, -0.15) is 0 Å². The number of fused-ring (bicyclic) bond motifs is 1. The van der Waals surface area contributed by atoms with Crippen molar-refractivity contribution in [2.24, 2.45) is 0 Å². The minimum atomic E-state index is -0.359. The molecule has 0 spiro atoms. The molecule has 0 radical (unpaired) electrons. The molecule has 0 aromatic heterocycles. The van der Waals surface area contributed by atoms with E-state index in [9.17, 15) is 14.0 Å². The topological polar surface area (TPSA) is 61.4 Å². The first-order valence-corrected chi connectivity index (χ1v) is 9.90. The van der Waals surface area contributed by atoms with Crippen LogP contribution in [0.2, 0.25) is 0 Å². The summed E-state index contributed by atoms with van der Waals surface area (Å²) in [5, 5.41) is 6.16. The monoisotopic (exact) mass is 403 g/mol. The van der Waals surface area contributed by atoms with E-state index in [-0.39, 0.29) is 23.8 Å². The Balaban J connectivity index is 1.55. The van der Waals surface area contributed by atoms with Gasteiger partial charge >= 0.3 is 0 Å². The second kappa shape index (κ2) is 8.37. The molecule has 5 nitrogen and oxygen atoms in total. The number of nitrogens with zero attached hydrogens (tertiary/aromatic N) is 1. The Morgan fingerprint density at radius 3 is 2.53 bits per heavy atom. The average molecular weight is 403 g/mol. The number of amides is 2. The maximum atomic E-state index is 13.1. The van der Waals surface area contributed by atoms with Crippen molar-refractivity contribution in [3.05, 3.63) is 95.3 Å². The highest BCUT2D eigenvalue weighted by molar-refractivity contribution is 6.05. The first kappa shape index (κ1) is 19.6. The highest BCUT2D eigenvalue weighted by Crippen LogP contribution is 2.34. The smallest absolute Gasteiger partial charge is 0.256 e. The molecule has 2 N–H and O–H groups in total. The van der Waals surface area contributed by atoms with Gasteiger partial charge in [0.1, 0.15) is 12.0 Å². The third-order valence-electron chi connectivity index (χ3n) is 5.05. The zero-order valence-corrected chi connectivity index (χ0v) is 16.6. The number of anilines is 2. The zero-order chi connectivity index (χ0) is 21.1. The summed E-state index contributed by atoms with van der Waals surface area (Å²) in [7, 11) is 0. The van der Waals surface area contributed by atoms with E-state index < -0.39 is 0 Å². The molecule has 1 heterocycles. The van der Waals surface area contributed by atoms with E-state index in [1.54, 1.807) is 18.2 Å². The van der Waals surface area contributed by atoms with Gasteiger partial charge in [-0.05, 0) is 55.0 Å². The van der Waals surface area contributed by atoms with Gasteiger partial charge in [-0.25, -0.2) is 4.39 Å². The molecule has 0 bridgehead atoms. The van der Waals surface area contributed by atoms with Crippen LogP contribution < -0.4 is 10.6 Å². The number of carbonyl (C=O) groups is 2. The summed E-state index contributed by atoms with van der Waals surface area (Å²) in [6.07, 6.45) is 0.557. The van der Waals surface area contributed by atoms with Gasteiger partial charge in [-0.3, -0.25) is 9.59 Å². The number of hydrogen-bond acceptors (Lipinski definition) is 3. The molecule has 0 unspecified atom stereocenters. The lowest BCUT2D eigenvalue weighted by Crippen LogP contribution is -2.33. The fourth-order valence-corrected chi connectivity index (χ4v) is 3.64. The molecule has 0 fully saturated rings. The molecule has 3 aromatic carbocycles. The highest BCUT2D eigenvalue weighted by atomic mass is 19.1. The van der Waals surface area contributed by atoms with Crippen LogP contribution in [-0.2, 0) is 0 Å². The van der Waals surface area contributed by atoms with Crippen molar-refractivity contribution >= 4 is 23.2 Å². The van der Waals surface area contributed by atoms with Crippen LogP contribution >= 0.6 is 0 Å². The lowest BCUT2D eigenvalue weighted by Gasteiger charge is -2.27. The minimum absolute atomic E-state index is 0.00941. The Morgan fingerprint density at radius 2 is 1.77 bits per heavy atom. The minimum Gasteiger partial charge on any atom is -0.361 e. The standard InChI is InChI=1S/C24H22FN3O2/c1-2-14-28-22(20-8-3-4-9-21(20)24(28)30)26-19-7-5-6-16(15-19)23(29)27-18-12-10-17(25)11-13-18/h3-13,15,22,26H,2,14H2,1H3,(H,27,29)/t22-/m0/s1. The maximum Gasteiger partial charge on any atom is 0.256 e. The predicted octanol–water partition coefficient (Wildman–Crippen LogP) is 5.05. The van der Waals surface area contributed by atoms with E-state index in [0.29, 0.717) is 23.4 Å². The molecule has 2 amide bonds. The summed E-state index contributed by atoms with van der Waals surface area (Å²) in [6.45, 7) is 2.67. The molecule has 1 aliphatic rings. The predicted molar refractivity (Wildman–Crippen MR) is 115 cm³/mol. The molecule has 0 saturated carbocycles. The van der Waals surface area contributed by atoms with Crippen molar-refractivity contribution < 1.29 is 14.0 Å². The summed E-state index contributed by atoms with van der Waals surface area (Å²) in [5.41, 5.74) is 3.34. The van der Waals surface area contributed by atoms with Gasteiger partial charge in [-0.15, -0.1) is 0 Å². The number of hydrogen-bond donors (Lipinski definition) is 2. The summed E-state index contributed by atoms with van der Waals surface area (Å²) in [6, 6.07) is 20.3. The fourth-order valence-electron chi connectivity index (χ4n) is 3.64. The summed E-state index contributed by atoms with van der Waals surface area (Å²) in [4.78, 5) is 27.2. The van der Waals surface area contributed by atoms with Gasteiger partial charge in [0.05, 0.1) is 0 Å². The first-order valence-electron chi connectivity index (χ1n) is 9.90. The third kappa shape index (κ3) is 3.89. The van der Waals surface area contributed by atoms with E-state index in [4.69, 9.17) is 0 Å². The summed E-state index contributed by atoms with van der Waals surface area (Å²) < 4.78 is 13.1. The first-order chi connectivity index (χ1) is 14.6. The SMILES string of the molecule is CCCN1C(=O)c2ccccc2[C@H]1Nc1cccc(C(=O)Nc2ccc(F)cc2)c1. The third-order valence-corrected chi connectivity index (χ3v) is 5.05. The number of rotatable bonds is 6. The average Bonchev–Trinajstić information content (AvgIpc) is 3.02. The van der Waals surface area contributed by atoms with Crippen LogP contribution in [0.1, 0.15) is 45.8 Å². The lowest BCUT2D eigenvalue weighted by atomic mass is 10.1. The van der Waals surface area contributed by atoms with Crippen LogP contribution in [0.5, 0.6) is 0 Å². The Bertz CT molecular complexity index is 1080. The van der Waals surface area contributed by atoms with Crippen LogP contribution in [0, 0.1) is 5.82 Å². The van der Waals surface area contributed by atoms with Crippen molar-refractivity contribution in [2.45, 2.75) is 19.5 Å². The van der Waals surface area contributed by atoms with Crippen LogP contribution in [0.3, 0.4) is 0 Å². The molecule has 4 rings (SSSR count). The highest BCUT2D eigenvalue weighted by Gasteiger charge is 2.35. The molecular formula is C24H22FN3O2. The number of halogens is 1. The van der Waals surface area contributed by atoms with Gasteiger partial charge in [0.25, 0.3) is 11.8 Å². The van der Waals surface area contributed by atoms with Gasteiger partial charge < -0.3 is 15.5 Å². The van der Waals surface area contributed by atoms with Crippen LogP contribution in [0.25, 0.3) is 0 Å². The fraction of sp³-hybridized carbons (Fsp3) is 0.167. The molecular weight excluding hydrogens is 381 g/mol. The van der Waals surface area contributed by atoms with Gasteiger partial charge in [0.15, 0.2) is 0 Å². The van der Waals surface area contributed by atoms with Crippen LogP contribution in [-0.4, -0.2) is 23.3 Å². The molecule has 152 valence electrons. The molecule has 30 heavy (non-hydrogen) atoms. The summed E-state index contributed by atoms with van der Waals surface area (Å²) >= 11 is 0. The number of benzene rings is 3. The largest absolute Gasteiger partial charge is 0.361 e. The Labute approximate surface area is 174 Å². The molecule has 1 atom stereocenters. The zero-order valence-electron chi connectivity index (χ0n) is 16.6. The van der Waals surface area contributed by atoms with E-state index >= 15 is 0 Å². The molecule has 0 aliphatic carbocycles. The molecule has 6 heteroatoms. The van der Waals surface area contributed by atoms with E-state index in [1.165, 1.54) is 24.3 Å².